The summed E-state index contributed by atoms with van der Waals surface area (Å²) in [5.74, 6) is 1.48. The largest absolute Gasteiger partial charge is 0.356 e. The number of aromatic amines is 1. The van der Waals surface area contributed by atoms with E-state index in [-0.39, 0.29) is 5.56 Å². The van der Waals surface area contributed by atoms with Crippen molar-refractivity contribution in [2.75, 3.05) is 17.6 Å². The van der Waals surface area contributed by atoms with Crippen molar-refractivity contribution in [3.05, 3.63) is 63.8 Å². The van der Waals surface area contributed by atoms with Gasteiger partial charge in [0.2, 0.25) is 5.95 Å². The molecule has 124 valence electrons. The first-order chi connectivity index (χ1) is 11.8. The highest BCUT2D eigenvalue weighted by Gasteiger charge is 2.04. The Labute approximate surface area is 147 Å². The molecule has 0 atom stereocenters. The fourth-order valence-corrected chi connectivity index (χ4v) is 3.73. The van der Waals surface area contributed by atoms with Crippen molar-refractivity contribution in [1.82, 2.24) is 19.9 Å². The molecule has 6 nitrogen and oxygen atoms in total. The van der Waals surface area contributed by atoms with Crippen LogP contribution in [0.1, 0.15) is 17.5 Å². The topological polar surface area (TPSA) is 83.6 Å². The minimum atomic E-state index is -0.117. The van der Waals surface area contributed by atoms with Gasteiger partial charge in [0.25, 0.3) is 5.56 Å². The number of thioether (sulfide) groups is 1. The van der Waals surface area contributed by atoms with Gasteiger partial charge in [0, 0.05) is 54.4 Å². The quantitative estimate of drug-likeness (QED) is 0.475. The van der Waals surface area contributed by atoms with E-state index in [1.165, 1.54) is 0 Å². The number of hydrogen-bond donors (Lipinski definition) is 2. The van der Waals surface area contributed by atoms with E-state index in [0.717, 1.165) is 28.6 Å². The molecule has 3 aromatic heterocycles. The average molecular weight is 359 g/mol. The van der Waals surface area contributed by atoms with E-state index in [1.54, 1.807) is 41.7 Å². The lowest BCUT2D eigenvalue weighted by atomic mass is 10.1. The van der Waals surface area contributed by atoms with Crippen LogP contribution in [-0.4, -0.2) is 32.2 Å². The molecule has 0 saturated heterocycles. The fourth-order valence-electron chi connectivity index (χ4n) is 2.08. The van der Waals surface area contributed by atoms with Crippen molar-refractivity contribution in [1.29, 1.82) is 0 Å². The molecule has 2 N–H and O–H groups in total. The smallest absolute Gasteiger partial charge is 0.255 e. The summed E-state index contributed by atoms with van der Waals surface area (Å²) in [7, 11) is 0. The molecule has 0 spiro atoms. The van der Waals surface area contributed by atoms with Gasteiger partial charge in [0.1, 0.15) is 4.34 Å². The maximum Gasteiger partial charge on any atom is 0.255 e. The zero-order valence-electron chi connectivity index (χ0n) is 12.9. The van der Waals surface area contributed by atoms with Gasteiger partial charge in [-0.15, -0.1) is 11.3 Å². The van der Waals surface area contributed by atoms with E-state index in [2.05, 4.69) is 25.3 Å². The first-order valence-corrected chi connectivity index (χ1v) is 9.41. The number of H-pyrrole nitrogens is 1. The number of rotatable bonds is 8. The van der Waals surface area contributed by atoms with Crippen LogP contribution in [0.15, 0.2) is 51.4 Å². The molecule has 0 aliphatic rings. The zero-order chi connectivity index (χ0) is 16.6. The van der Waals surface area contributed by atoms with Crippen LogP contribution in [0.3, 0.4) is 0 Å². The van der Waals surface area contributed by atoms with E-state index in [1.807, 2.05) is 23.7 Å². The molecule has 0 radical (unpaired) electrons. The molecule has 8 heteroatoms. The summed E-state index contributed by atoms with van der Waals surface area (Å²) in [5, 5.41) is 5.12. The van der Waals surface area contributed by atoms with Crippen molar-refractivity contribution in [2.24, 2.45) is 0 Å². The van der Waals surface area contributed by atoms with Crippen LogP contribution in [-0.2, 0) is 6.42 Å². The Bertz CT molecular complexity index is 805. The van der Waals surface area contributed by atoms with Crippen LogP contribution in [0.4, 0.5) is 5.95 Å². The van der Waals surface area contributed by atoms with Crippen molar-refractivity contribution in [2.45, 2.75) is 17.2 Å². The molecule has 3 aromatic rings. The third kappa shape index (κ3) is 4.90. The highest BCUT2D eigenvalue weighted by molar-refractivity contribution is 8.00. The summed E-state index contributed by atoms with van der Waals surface area (Å²) >= 11 is 3.39. The van der Waals surface area contributed by atoms with E-state index < -0.39 is 0 Å². The molecule has 0 aliphatic carbocycles. The Morgan fingerprint density at radius 3 is 2.96 bits per heavy atom. The molecule has 0 saturated carbocycles. The Morgan fingerprint density at radius 2 is 2.21 bits per heavy atom. The predicted molar refractivity (Wildman–Crippen MR) is 97.8 cm³/mol. The van der Waals surface area contributed by atoms with E-state index >= 15 is 0 Å². The lowest BCUT2D eigenvalue weighted by Crippen LogP contribution is -2.17. The average Bonchev–Trinajstić information content (AvgIpc) is 3.11. The summed E-state index contributed by atoms with van der Waals surface area (Å²) in [6.45, 7) is 0.753. The zero-order valence-corrected chi connectivity index (χ0v) is 14.6. The third-order valence-corrected chi connectivity index (χ3v) is 5.29. The molecule has 0 aromatic carbocycles. The number of nitrogens with zero attached hydrogens (tertiary/aromatic N) is 3. The Kier molecular flexibility index (Phi) is 5.97. The summed E-state index contributed by atoms with van der Waals surface area (Å²) in [6, 6.07) is 3.80. The van der Waals surface area contributed by atoms with Gasteiger partial charge >= 0.3 is 0 Å². The van der Waals surface area contributed by atoms with Crippen LogP contribution in [0.5, 0.6) is 0 Å². The molecular formula is C16H17N5OS2. The molecule has 3 rings (SSSR count). The minimum absolute atomic E-state index is 0.117. The molecule has 0 bridgehead atoms. The SMILES string of the molecule is O=c1[nH]c(NCCCSc2nccs2)ncc1Cc1cccnc1. The third-order valence-electron chi connectivity index (χ3n) is 3.24. The summed E-state index contributed by atoms with van der Waals surface area (Å²) < 4.78 is 1.08. The minimum Gasteiger partial charge on any atom is -0.356 e. The standard InChI is InChI=1S/C16H17N5OS2/c22-14-13(9-12-3-1-4-17-10-12)11-20-15(21-14)18-5-2-7-23-16-19-6-8-24-16/h1,3-4,6,8,10-11H,2,5,7,9H2,(H2,18,20,21,22). The lowest BCUT2D eigenvalue weighted by Gasteiger charge is -2.06. The molecule has 0 aliphatic heterocycles. The van der Waals surface area contributed by atoms with Gasteiger partial charge in [0.15, 0.2) is 0 Å². The molecule has 3 heterocycles. The van der Waals surface area contributed by atoms with E-state index in [4.69, 9.17) is 0 Å². The molecule has 0 amide bonds. The van der Waals surface area contributed by atoms with Gasteiger partial charge < -0.3 is 5.32 Å². The summed E-state index contributed by atoms with van der Waals surface area (Å²) in [6.07, 6.45) is 8.40. The van der Waals surface area contributed by atoms with Crippen LogP contribution in [0.2, 0.25) is 0 Å². The number of thiazole rings is 1. The van der Waals surface area contributed by atoms with Gasteiger partial charge in [-0.05, 0) is 18.1 Å². The second-order valence-corrected chi connectivity index (χ2v) is 7.29. The number of pyridine rings is 1. The Balaban J connectivity index is 1.47. The maximum atomic E-state index is 12.1. The monoisotopic (exact) mass is 359 g/mol. The molecule has 0 unspecified atom stereocenters. The highest BCUT2D eigenvalue weighted by atomic mass is 32.2. The van der Waals surface area contributed by atoms with Crippen molar-refractivity contribution in [3.8, 4) is 0 Å². The lowest BCUT2D eigenvalue weighted by molar-refractivity contribution is 0.942. The van der Waals surface area contributed by atoms with E-state index in [0.29, 0.717) is 17.9 Å². The second kappa shape index (κ2) is 8.60. The second-order valence-electron chi connectivity index (χ2n) is 5.05. The molecule has 24 heavy (non-hydrogen) atoms. The van der Waals surface area contributed by atoms with Crippen LogP contribution in [0, 0.1) is 0 Å². The van der Waals surface area contributed by atoms with Gasteiger partial charge in [-0.25, -0.2) is 9.97 Å². The first kappa shape index (κ1) is 16.7. The number of anilines is 1. The summed E-state index contributed by atoms with van der Waals surface area (Å²) in [4.78, 5) is 27.5. The van der Waals surface area contributed by atoms with Crippen molar-refractivity contribution in [3.63, 3.8) is 0 Å². The Hall–Kier alpha value is -2.19. The van der Waals surface area contributed by atoms with Gasteiger partial charge in [0.05, 0.1) is 0 Å². The number of hydrogen-bond acceptors (Lipinski definition) is 7. The van der Waals surface area contributed by atoms with Gasteiger partial charge in [-0.1, -0.05) is 17.8 Å². The van der Waals surface area contributed by atoms with Gasteiger partial charge in [-0.2, -0.15) is 0 Å². The van der Waals surface area contributed by atoms with Crippen molar-refractivity contribution < 1.29 is 0 Å². The molecule has 0 fully saturated rings. The fraction of sp³-hybridized carbons (Fsp3) is 0.250. The maximum absolute atomic E-state index is 12.1. The van der Waals surface area contributed by atoms with E-state index in [9.17, 15) is 4.79 Å². The van der Waals surface area contributed by atoms with Crippen molar-refractivity contribution >= 4 is 29.0 Å². The first-order valence-electron chi connectivity index (χ1n) is 7.54. The van der Waals surface area contributed by atoms with Crippen LogP contribution >= 0.6 is 23.1 Å². The molecular weight excluding hydrogens is 342 g/mol. The predicted octanol–water partition coefficient (Wildman–Crippen LogP) is 2.81. The Morgan fingerprint density at radius 1 is 1.25 bits per heavy atom. The number of nitrogens with one attached hydrogen (secondary N) is 2. The normalized spacial score (nSPS) is 10.7. The van der Waals surface area contributed by atoms with Crippen LogP contribution in [0.25, 0.3) is 0 Å². The highest BCUT2D eigenvalue weighted by Crippen LogP contribution is 2.20. The summed E-state index contributed by atoms with van der Waals surface area (Å²) in [5.41, 5.74) is 1.51. The van der Waals surface area contributed by atoms with Gasteiger partial charge in [-0.3, -0.25) is 14.8 Å². The number of aromatic nitrogens is 4. The van der Waals surface area contributed by atoms with Crippen LogP contribution < -0.4 is 10.9 Å².